The molecule has 18 heavy (non-hydrogen) atoms. The third-order valence-corrected chi connectivity index (χ3v) is 4.33. The highest BCUT2D eigenvalue weighted by Gasteiger charge is 2.30. The Morgan fingerprint density at radius 1 is 1.22 bits per heavy atom. The first-order valence-electron chi connectivity index (χ1n) is 6.51. The topological polar surface area (TPSA) is 49.5 Å². The van der Waals surface area contributed by atoms with Gasteiger partial charge in [-0.3, -0.25) is 0 Å². The third-order valence-electron chi connectivity index (χ3n) is 3.80. The van der Waals surface area contributed by atoms with Crippen molar-refractivity contribution in [3.05, 3.63) is 34.3 Å². The molecule has 1 heterocycles. The van der Waals surface area contributed by atoms with Gasteiger partial charge in [-0.15, -0.1) is 0 Å². The summed E-state index contributed by atoms with van der Waals surface area (Å²) in [5.74, 6) is 0. The van der Waals surface area contributed by atoms with Crippen LogP contribution in [-0.2, 0) is 6.42 Å². The van der Waals surface area contributed by atoms with Gasteiger partial charge in [-0.1, -0.05) is 28.1 Å². The number of benzene rings is 1. The molecule has 3 N–H and O–H groups in total. The number of hydrogen-bond acceptors (Lipinski definition) is 3. The van der Waals surface area contributed by atoms with Gasteiger partial charge in [-0.05, 0) is 37.0 Å². The van der Waals surface area contributed by atoms with Crippen molar-refractivity contribution in [2.24, 2.45) is 5.73 Å². The quantitative estimate of drug-likeness (QED) is 0.891. The Kier molecular flexibility index (Phi) is 4.78. The molecule has 0 bridgehead atoms. The summed E-state index contributed by atoms with van der Waals surface area (Å²) >= 11 is 3.44. The van der Waals surface area contributed by atoms with E-state index >= 15 is 0 Å². The Morgan fingerprint density at radius 3 is 2.39 bits per heavy atom. The molecule has 0 aliphatic carbocycles. The van der Waals surface area contributed by atoms with E-state index in [1.54, 1.807) is 0 Å². The van der Waals surface area contributed by atoms with Gasteiger partial charge in [0.25, 0.3) is 0 Å². The lowest BCUT2D eigenvalue weighted by molar-refractivity contribution is -0.0130. The molecule has 1 saturated heterocycles. The van der Waals surface area contributed by atoms with Gasteiger partial charge in [-0.2, -0.15) is 0 Å². The molecule has 0 atom stereocenters. The van der Waals surface area contributed by atoms with Crippen LogP contribution in [0.3, 0.4) is 0 Å². The monoisotopic (exact) mass is 312 g/mol. The number of piperidine rings is 1. The van der Waals surface area contributed by atoms with Gasteiger partial charge in [0.2, 0.25) is 0 Å². The van der Waals surface area contributed by atoms with E-state index in [1.807, 2.05) is 0 Å². The molecule has 100 valence electrons. The first-order chi connectivity index (χ1) is 8.61. The lowest BCUT2D eigenvalue weighted by Crippen LogP contribution is -2.49. The molecule has 0 radical (unpaired) electrons. The predicted molar refractivity (Wildman–Crippen MR) is 77.5 cm³/mol. The Morgan fingerprint density at radius 2 is 1.83 bits per heavy atom. The van der Waals surface area contributed by atoms with Crippen LogP contribution in [0.25, 0.3) is 0 Å². The van der Waals surface area contributed by atoms with Gasteiger partial charge >= 0.3 is 0 Å². The second-order valence-electron chi connectivity index (χ2n) is 5.15. The minimum Gasteiger partial charge on any atom is -0.388 e. The van der Waals surface area contributed by atoms with E-state index in [9.17, 15) is 5.11 Å². The largest absolute Gasteiger partial charge is 0.388 e. The van der Waals surface area contributed by atoms with Crippen molar-refractivity contribution in [3.8, 4) is 0 Å². The average Bonchev–Trinajstić information content (AvgIpc) is 2.40. The van der Waals surface area contributed by atoms with Crippen molar-refractivity contribution in [2.45, 2.75) is 24.9 Å². The smallest absolute Gasteiger partial charge is 0.0793 e. The summed E-state index contributed by atoms with van der Waals surface area (Å²) in [7, 11) is 0. The number of halogens is 1. The minimum atomic E-state index is -0.617. The lowest BCUT2D eigenvalue weighted by atomic mass is 9.91. The van der Waals surface area contributed by atoms with Gasteiger partial charge < -0.3 is 15.7 Å². The molecule has 0 amide bonds. The Balaban J connectivity index is 1.77. The van der Waals surface area contributed by atoms with E-state index in [4.69, 9.17) is 5.73 Å². The zero-order chi connectivity index (χ0) is 13.0. The van der Waals surface area contributed by atoms with E-state index in [0.717, 1.165) is 43.4 Å². The SMILES string of the molecule is NCC1(O)CCN(CCc2ccc(Br)cc2)CC1. The highest BCUT2D eigenvalue weighted by atomic mass is 79.9. The van der Waals surface area contributed by atoms with Crippen LogP contribution in [0.5, 0.6) is 0 Å². The fourth-order valence-corrected chi connectivity index (χ4v) is 2.60. The normalized spacial score (nSPS) is 19.9. The molecule has 0 aromatic heterocycles. The summed E-state index contributed by atoms with van der Waals surface area (Å²) < 4.78 is 1.12. The van der Waals surface area contributed by atoms with Crippen LogP contribution in [0.15, 0.2) is 28.7 Å². The lowest BCUT2D eigenvalue weighted by Gasteiger charge is -2.37. The van der Waals surface area contributed by atoms with Crippen molar-refractivity contribution in [1.82, 2.24) is 4.90 Å². The van der Waals surface area contributed by atoms with Gasteiger partial charge in [0.1, 0.15) is 0 Å². The van der Waals surface area contributed by atoms with E-state index in [1.165, 1.54) is 5.56 Å². The van der Waals surface area contributed by atoms with Gasteiger partial charge in [0.05, 0.1) is 5.60 Å². The molecule has 0 spiro atoms. The molecule has 1 aromatic rings. The van der Waals surface area contributed by atoms with E-state index in [0.29, 0.717) is 6.54 Å². The van der Waals surface area contributed by atoms with Gasteiger partial charge in [0.15, 0.2) is 0 Å². The van der Waals surface area contributed by atoms with Crippen LogP contribution in [0.4, 0.5) is 0 Å². The highest BCUT2D eigenvalue weighted by molar-refractivity contribution is 9.10. The number of rotatable bonds is 4. The maximum Gasteiger partial charge on any atom is 0.0793 e. The Labute approximate surface area is 117 Å². The Bertz CT molecular complexity index is 372. The van der Waals surface area contributed by atoms with E-state index < -0.39 is 5.60 Å². The highest BCUT2D eigenvalue weighted by Crippen LogP contribution is 2.21. The molecule has 1 aliphatic heterocycles. The molecule has 1 aliphatic rings. The molecule has 1 fully saturated rings. The standard InChI is InChI=1S/C14H21BrN2O/c15-13-3-1-12(2-4-13)5-8-17-9-6-14(18,11-16)7-10-17/h1-4,18H,5-11,16H2. The second-order valence-corrected chi connectivity index (χ2v) is 6.06. The van der Waals surface area contributed by atoms with E-state index in [2.05, 4.69) is 45.1 Å². The van der Waals surface area contributed by atoms with Crippen LogP contribution in [0.2, 0.25) is 0 Å². The number of aliphatic hydroxyl groups is 1. The number of nitrogens with zero attached hydrogens (tertiary/aromatic N) is 1. The van der Waals surface area contributed by atoms with Gasteiger partial charge in [-0.25, -0.2) is 0 Å². The van der Waals surface area contributed by atoms with Crippen molar-refractivity contribution >= 4 is 15.9 Å². The minimum absolute atomic E-state index is 0.382. The third kappa shape index (κ3) is 3.79. The van der Waals surface area contributed by atoms with Gasteiger partial charge in [0, 0.05) is 30.7 Å². The van der Waals surface area contributed by atoms with Crippen molar-refractivity contribution in [1.29, 1.82) is 0 Å². The predicted octanol–water partition coefficient (Wildman–Crippen LogP) is 1.78. The summed E-state index contributed by atoms with van der Waals surface area (Å²) in [5, 5.41) is 10.1. The van der Waals surface area contributed by atoms with Crippen LogP contribution in [0.1, 0.15) is 18.4 Å². The molecule has 4 heteroatoms. The summed E-state index contributed by atoms with van der Waals surface area (Å²) in [6.45, 7) is 3.34. The summed E-state index contributed by atoms with van der Waals surface area (Å²) in [5.41, 5.74) is 6.33. The average molecular weight is 313 g/mol. The molecule has 1 aromatic carbocycles. The number of hydrogen-bond donors (Lipinski definition) is 2. The summed E-state index contributed by atoms with van der Waals surface area (Å²) in [6.07, 6.45) is 2.65. The zero-order valence-corrected chi connectivity index (χ0v) is 12.2. The molecule has 2 rings (SSSR count). The first kappa shape index (κ1) is 14.0. The first-order valence-corrected chi connectivity index (χ1v) is 7.30. The van der Waals surface area contributed by atoms with Crippen molar-refractivity contribution in [3.63, 3.8) is 0 Å². The maximum atomic E-state index is 10.1. The fourth-order valence-electron chi connectivity index (χ4n) is 2.34. The van der Waals surface area contributed by atoms with Crippen molar-refractivity contribution in [2.75, 3.05) is 26.2 Å². The molecule has 3 nitrogen and oxygen atoms in total. The van der Waals surface area contributed by atoms with Crippen LogP contribution >= 0.6 is 15.9 Å². The zero-order valence-electron chi connectivity index (χ0n) is 10.6. The number of nitrogens with two attached hydrogens (primary N) is 1. The molecular formula is C14H21BrN2O. The molecular weight excluding hydrogens is 292 g/mol. The van der Waals surface area contributed by atoms with E-state index in [-0.39, 0.29) is 0 Å². The molecule has 0 unspecified atom stereocenters. The second kappa shape index (κ2) is 6.15. The molecule has 0 saturated carbocycles. The fraction of sp³-hybridized carbons (Fsp3) is 0.571. The Hall–Kier alpha value is -0.420. The van der Waals surface area contributed by atoms with Crippen LogP contribution in [0, 0.1) is 0 Å². The maximum absolute atomic E-state index is 10.1. The van der Waals surface area contributed by atoms with Crippen LogP contribution < -0.4 is 5.73 Å². The van der Waals surface area contributed by atoms with Crippen LogP contribution in [-0.4, -0.2) is 41.8 Å². The van der Waals surface area contributed by atoms with Crippen molar-refractivity contribution < 1.29 is 5.11 Å². The number of likely N-dealkylation sites (tertiary alicyclic amines) is 1. The summed E-state index contributed by atoms with van der Waals surface area (Å²) in [6, 6.07) is 8.48. The summed E-state index contributed by atoms with van der Waals surface area (Å²) in [4.78, 5) is 2.41.